The molecule has 1 heterocycles. The molecule has 0 bridgehead atoms. The summed E-state index contributed by atoms with van der Waals surface area (Å²) < 4.78 is 42.1. The van der Waals surface area contributed by atoms with Crippen LogP contribution in [-0.2, 0) is 39.9 Å². The maximum atomic E-state index is 15.3. The lowest BCUT2D eigenvalue weighted by molar-refractivity contribution is -0.165. The molecule has 1 amide bonds. The summed E-state index contributed by atoms with van der Waals surface area (Å²) in [5.41, 5.74) is -0.679. The number of nitrogens with zero attached hydrogens (tertiary/aromatic N) is 1. The maximum Gasteiger partial charge on any atom is 0.341 e. The number of carboxylic acid groups (broad SMARTS) is 1. The van der Waals surface area contributed by atoms with E-state index in [-0.39, 0.29) is 37.3 Å². The van der Waals surface area contributed by atoms with Crippen LogP contribution in [0.15, 0.2) is 49.1 Å². The number of carboxylic acids is 1. The molecule has 2 atom stereocenters. The van der Waals surface area contributed by atoms with Crippen LogP contribution in [0.1, 0.15) is 56.8 Å². The fourth-order valence-electron chi connectivity index (χ4n) is 5.05. The van der Waals surface area contributed by atoms with Crippen LogP contribution in [0.2, 0.25) is 0 Å². The Morgan fingerprint density at radius 1 is 1.06 bits per heavy atom. The monoisotopic (exact) mass is 657 g/mol. The first-order chi connectivity index (χ1) is 22.3. The predicted molar refractivity (Wildman–Crippen MR) is 166 cm³/mol. The molecule has 0 radical (unpaired) electrons. The van der Waals surface area contributed by atoms with Crippen molar-refractivity contribution in [3.63, 3.8) is 0 Å². The van der Waals surface area contributed by atoms with Crippen molar-refractivity contribution >= 4 is 29.6 Å². The van der Waals surface area contributed by atoms with Crippen molar-refractivity contribution in [1.29, 1.82) is 0 Å². The third-order valence-corrected chi connectivity index (χ3v) is 7.66. The Morgan fingerprint density at radius 2 is 1.79 bits per heavy atom. The van der Waals surface area contributed by atoms with Gasteiger partial charge in [-0.15, -0.1) is 0 Å². The number of carbonyl (C=O) groups is 5. The number of hydrogen-bond acceptors (Lipinski definition) is 10. The average Bonchev–Trinajstić information content (AvgIpc) is 3.07. The number of aliphatic carboxylic acids is 1. The Labute approximate surface area is 272 Å². The number of aryl methyl sites for hydroxylation is 1. The summed E-state index contributed by atoms with van der Waals surface area (Å²) >= 11 is 0. The van der Waals surface area contributed by atoms with Crippen LogP contribution in [0.5, 0.6) is 17.2 Å². The number of carbonyl (C=O) groups excluding carboxylic acids is 4. The Balaban J connectivity index is 1.89. The summed E-state index contributed by atoms with van der Waals surface area (Å²) in [4.78, 5) is 64.2. The number of likely N-dealkylation sites (tertiary alicyclic amines) is 1. The first-order valence-corrected chi connectivity index (χ1v) is 15.0. The third-order valence-electron chi connectivity index (χ3n) is 7.66. The third kappa shape index (κ3) is 9.77. The van der Waals surface area contributed by atoms with Gasteiger partial charge in [-0.2, -0.15) is 0 Å². The van der Waals surface area contributed by atoms with Gasteiger partial charge in [0.2, 0.25) is 5.78 Å². The molecule has 254 valence electrons. The maximum absolute atomic E-state index is 15.3. The number of rotatable bonds is 16. The molecule has 0 spiro atoms. The van der Waals surface area contributed by atoms with E-state index >= 15 is 4.39 Å². The molecule has 0 aliphatic carbocycles. The Morgan fingerprint density at radius 3 is 2.45 bits per heavy atom. The molecule has 47 heavy (non-hydrogen) atoms. The van der Waals surface area contributed by atoms with Crippen LogP contribution in [0.3, 0.4) is 0 Å². The van der Waals surface area contributed by atoms with Crippen LogP contribution >= 0.6 is 0 Å². The van der Waals surface area contributed by atoms with E-state index in [1.165, 1.54) is 40.2 Å². The van der Waals surface area contributed by atoms with E-state index in [1.807, 2.05) is 0 Å². The molecule has 1 unspecified atom stereocenters. The molecular formula is C34H40FNO11. The molecule has 2 aromatic rings. The van der Waals surface area contributed by atoms with Gasteiger partial charge in [0, 0.05) is 18.2 Å². The zero-order valence-electron chi connectivity index (χ0n) is 26.9. The number of benzene rings is 2. The fraction of sp³-hybridized carbons (Fsp3) is 0.441. The second-order valence-electron chi connectivity index (χ2n) is 11.6. The number of ketones is 1. The molecule has 1 N–H and O–H groups in total. The average molecular weight is 658 g/mol. The van der Waals surface area contributed by atoms with Gasteiger partial charge < -0.3 is 33.7 Å². The first-order valence-electron chi connectivity index (χ1n) is 15.0. The molecule has 2 aromatic carbocycles. The number of amides is 1. The standard InChI is InChI=1S/C34H40FNO11/c1-6-30(39)46-20-34(2,3)31(40)32(41)36-16-8-7-9-25(36)33(42)47-26(14-10-21-11-15-27(43-4)28(17-21)44-5)23-18-22(12-13-24(23)35)45-19-29(37)38/h6,11-13,15,17-18,25-26H,1,7-10,14,16,19-20H2,2-5H3,(H,37,38)/t25?,26-/m1/s1. The second kappa shape index (κ2) is 16.6. The van der Waals surface area contributed by atoms with E-state index in [2.05, 4.69) is 6.58 Å². The highest BCUT2D eigenvalue weighted by molar-refractivity contribution is 6.38. The molecule has 3 rings (SSSR count). The van der Waals surface area contributed by atoms with E-state index in [1.54, 1.807) is 18.2 Å². The Kier molecular flexibility index (Phi) is 12.9. The van der Waals surface area contributed by atoms with Gasteiger partial charge in [0.25, 0.3) is 5.91 Å². The van der Waals surface area contributed by atoms with Crippen LogP contribution in [0.25, 0.3) is 0 Å². The van der Waals surface area contributed by atoms with Crippen molar-refractivity contribution in [2.45, 2.75) is 58.1 Å². The van der Waals surface area contributed by atoms with Crippen molar-refractivity contribution < 1.29 is 57.2 Å². The van der Waals surface area contributed by atoms with Crippen molar-refractivity contribution in [3.05, 3.63) is 66.0 Å². The number of methoxy groups -OCH3 is 2. The van der Waals surface area contributed by atoms with Gasteiger partial charge in [0.05, 0.1) is 19.6 Å². The predicted octanol–water partition coefficient (Wildman–Crippen LogP) is 4.23. The molecule has 13 heteroatoms. The fourth-order valence-corrected chi connectivity index (χ4v) is 5.05. The van der Waals surface area contributed by atoms with E-state index in [9.17, 15) is 24.0 Å². The van der Waals surface area contributed by atoms with E-state index in [0.717, 1.165) is 22.6 Å². The van der Waals surface area contributed by atoms with Crippen LogP contribution < -0.4 is 14.2 Å². The molecule has 1 aliphatic rings. The molecule has 12 nitrogen and oxygen atoms in total. The van der Waals surface area contributed by atoms with Crippen molar-refractivity contribution in [3.8, 4) is 17.2 Å². The van der Waals surface area contributed by atoms with Crippen LogP contribution in [0, 0.1) is 11.2 Å². The molecule has 0 aromatic heterocycles. The highest BCUT2D eigenvalue weighted by atomic mass is 19.1. The lowest BCUT2D eigenvalue weighted by atomic mass is 9.87. The minimum absolute atomic E-state index is 0.0513. The van der Waals surface area contributed by atoms with Crippen LogP contribution in [0.4, 0.5) is 4.39 Å². The normalized spacial score (nSPS) is 15.2. The van der Waals surface area contributed by atoms with Gasteiger partial charge in [0.1, 0.15) is 30.3 Å². The number of halogens is 1. The molecular weight excluding hydrogens is 617 g/mol. The zero-order chi connectivity index (χ0) is 34.7. The highest BCUT2D eigenvalue weighted by Gasteiger charge is 2.42. The largest absolute Gasteiger partial charge is 0.493 e. The zero-order valence-corrected chi connectivity index (χ0v) is 26.9. The topological polar surface area (TPSA) is 155 Å². The summed E-state index contributed by atoms with van der Waals surface area (Å²) in [5, 5.41) is 9.02. The summed E-state index contributed by atoms with van der Waals surface area (Å²) in [6, 6.07) is 7.70. The number of hydrogen-bond donors (Lipinski definition) is 1. The molecule has 1 fully saturated rings. The van der Waals surface area contributed by atoms with Crippen molar-refractivity contribution in [2.24, 2.45) is 5.41 Å². The quantitative estimate of drug-likeness (QED) is 0.157. The summed E-state index contributed by atoms with van der Waals surface area (Å²) in [6.45, 7) is 5.28. The number of piperidine rings is 1. The van der Waals surface area contributed by atoms with Gasteiger partial charge in [-0.25, -0.2) is 18.8 Å². The van der Waals surface area contributed by atoms with E-state index in [4.69, 9.17) is 28.8 Å². The van der Waals surface area contributed by atoms with Gasteiger partial charge in [0.15, 0.2) is 18.1 Å². The molecule has 1 saturated heterocycles. The molecule has 1 aliphatic heterocycles. The lowest BCUT2D eigenvalue weighted by Gasteiger charge is -2.36. The minimum Gasteiger partial charge on any atom is -0.493 e. The first kappa shape index (κ1) is 36.5. The second-order valence-corrected chi connectivity index (χ2v) is 11.6. The summed E-state index contributed by atoms with van der Waals surface area (Å²) in [5.74, 6) is -4.29. The number of esters is 2. The smallest absolute Gasteiger partial charge is 0.341 e. The summed E-state index contributed by atoms with van der Waals surface area (Å²) in [6.07, 6.45) is 1.45. The van der Waals surface area contributed by atoms with Crippen molar-refractivity contribution in [1.82, 2.24) is 4.90 Å². The lowest BCUT2D eigenvalue weighted by Crippen LogP contribution is -2.53. The van der Waals surface area contributed by atoms with Crippen LogP contribution in [-0.4, -0.2) is 79.6 Å². The minimum atomic E-state index is -1.39. The molecule has 0 saturated carbocycles. The van der Waals surface area contributed by atoms with Gasteiger partial charge >= 0.3 is 17.9 Å². The van der Waals surface area contributed by atoms with Crippen molar-refractivity contribution in [2.75, 3.05) is 34.0 Å². The van der Waals surface area contributed by atoms with Gasteiger partial charge in [-0.3, -0.25) is 9.59 Å². The van der Waals surface area contributed by atoms with Gasteiger partial charge in [-0.05, 0) is 81.8 Å². The highest BCUT2D eigenvalue weighted by Crippen LogP contribution is 2.33. The Hall–Kier alpha value is -4.94. The number of Topliss-reactive ketones (excluding diaryl/α,β-unsaturated/α-hetero) is 1. The van der Waals surface area contributed by atoms with E-state index < -0.39 is 59.6 Å². The summed E-state index contributed by atoms with van der Waals surface area (Å²) in [7, 11) is 2.99. The Bertz CT molecular complexity index is 1490. The van der Waals surface area contributed by atoms with E-state index in [0.29, 0.717) is 30.8 Å². The van der Waals surface area contributed by atoms with Gasteiger partial charge in [-0.1, -0.05) is 12.6 Å². The SMILES string of the molecule is C=CC(=O)OCC(C)(C)C(=O)C(=O)N1CCCCC1C(=O)O[C@H](CCc1ccc(OC)c(OC)c1)c1cc(OCC(=O)O)ccc1F. The number of ether oxygens (including phenoxy) is 5.